The molecule has 2 rings (SSSR count). The molecule has 5 heteroatoms. The first-order valence-corrected chi connectivity index (χ1v) is 11.6. The highest BCUT2D eigenvalue weighted by atomic mass is 16.2. The van der Waals surface area contributed by atoms with E-state index in [9.17, 15) is 9.59 Å². The van der Waals surface area contributed by atoms with Crippen molar-refractivity contribution in [2.45, 2.75) is 72.4 Å². The molecule has 5 nitrogen and oxygen atoms in total. The minimum Gasteiger partial charge on any atom is -0.353 e. The molecule has 1 aromatic carbocycles. The van der Waals surface area contributed by atoms with Crippen molar-refractivity contribution in [1.82, 2.24) is 14.4 Å². The van der Waals surface area contributed by atoms with E-state index in [0.29, 0.717) is 18.7 Å². The van der Waals surface area contributed by atoms with Crippen LogP contribution < -0.4 is 0 Å². The van der Waals surface area contributed by atoms with E-state index in [1.54, 1.807) is 4.90 Å². The molecule has 0 spiro atoms. The van der Waals surface area contributed by atoms with Crippen LogP contribution in [0.4, 0.5) is 0 Å². The van der Waals surface area contributed by atoms with Crippen molar-refractivity contribution in [3.05, 3.63) is 59.4 Å². The number of hydrogen-bond donors (Lipinski definition) is 0. The van der Waals surface area contributed by atoms with Gasteiger partial charge in [0.15, 0.2) is 0 Å². The molecule has 0 unspecified atom stereocenters. The summed E-state index contributed by atoms with van der Waals surface area (Å²) in [5.41, 5.74) is 2.98. The fourth-order valence-electron chi connectivity index (χ4n) is 3.59. The quantitative estimate of drug-likeness (QED) is 0.478. The third kappa shape index (κ3) is 7.27. The summed E-state index contributed by atoms with van der Waals surface area (Å²) < 4.78 is 2.04. The zero-order chi connectivity index (χ0) is 22.8. The monoisotopic (exact) mass is 425 g/mol. The number of rotatable bonds is 12. The smallest absolute Gasteiger partial charge is 0.254 e. The third-order valence-electron chi connectivity index (χ3n) is 5.75. The number of carbonyl (C=O) groups is 2. The number of aryl methyl sites for hydroxylation is 2. The van der Waals surface area contributed by atoms with Crippen LogP contribution in [-0.2, 0) is 24.8 Å². The molecule has 0 aliphatic carbocycles. The van der Waals surface area contributed by atoms with Crippen LogP contribution >= 0.6 is 0 Å². The predicted molar refractivity (Wildman–Crippen MR) is 127 cm³/mol. The summed E-state index contributed by atoms with van der Waals surface area (Å²) in [6.45, 7) is 9.60. The fourth-order valence-corrected chi connectivity index (χ4v) is 3.59. The number of unbranched alkanes of at least 4 members (excludes halogenated alkanes) is 2. The van der Waals surface area contributed by atoms with E-state index < -0.39 is 0 Å². The highest BCUT2D eigenvalue weighted by Crippen LogP contribution is 2.14. The van der Waals surface area contributed by atoms with E-state index in [1.807, 2.05) is 73.0 Å². The van der Waals surface area contributed by atoms with Crippen molar-refractivity contribution < 1.29 is 9.59 Å². The van der Waals surface area contributed by atoms with E-state index in [4.69, 9.17) is 0 Å². The van der Waals surface area contributed by atoms with E-state index in [0.717, 1.165) is 37.8 Å². The van der Waals surface area contributed by atoms with Gasteiger partial charge in [0.25, 0.3) is 5.91 Å². The van der Waals surface area contributed by atoms with Gasteiger partial charge in [-0.15, -0.1) is 0 Å². The van der Waals surface area contributed by atoms with Crippen molar-refractivity contribution in [3.8, 4) is 0 Å². The van der Waals surface area contributed by atoms with Crippen molar-refractivity contribution in [3.63, 3.8) is 0 Å². The minimum atomic E-state index is -0.0836. The number of hydrogen-bond acceptors (Lipinski definition) is 2. The Morgan fingerprint density at radius 2 is 1.68 bits per heavy atom. The summed E-state index contributed by atoms with van der Waals surface area (Å²) in [5.74, 6) is -0.0871. The van der Waals surface area contributed by atoms with Gasteiger partial charge in [-0.05, 0) is 62.9 Å². The molecule has 0 saturated carbocycles. The molecule has 170 valence electrons. The number of nitrogens with zero attached hydrogens (tertiary/aromatic N) is 3. The summed E-state index contributed by atoms with van der Waals surface area (Å²) in [6.07, 6.45) is 7.30. The normalized spacial score (nSPS) is 11.0. The summed E-state index contributed by atoms with van der Waals surface area (Å²) in [7, 11) is 1.99. The van der Waals surface area contributed by atoms with E-state index in [1.165, 1.54) is 5.56 Å². The molecule has 0 N–H and O–H groups in total. The second-order valence-corrected chi connectivity index (χ2v) is 8.61. The first kappa shape index (κ1) is 24.7. The number of carbonyl (C=O) groups excluding carboxylic acids is 2. The van der Waals surface area contributed by atoms with Crippen molar-refractivity contribution >= 4 is 11.8 Å². The Kier molecular flexibility index (Phi) is 9.83. The van der Waals surface area contributed by atoms with Crippen LogP contribution in [0.3, 0.4) is 0 Å². The Morgan fingerprint density at radius 1 is 1.00 bits per heavy atom. The molecule has 1 heterocycles. The lowest BCUT2D eigenvalue weighted by Crippen LogP contribution is -2.46. The molecular weight excluding hydrogens is 386 g/mol. The molecule has 0 bridgehead atoms. The van der Waals surface area contributed by atoms with Gasteiger partial charge in [-0.2, -0.15) is 0 Å². The molecule has 0 saturated heterocycles. The van der Waals surface area contributed by atoms with Crippen LogP contribution in [0.15, 0.2) is 42.6 Å². The molecule has 2 aromatic rings. The van der Waals surface area contributed by atoms with Crippen LogP contribution in [0.25, 0.3) is 0 Å². The molecule has 0 atom stereocenters. The lowest BCUT2D eigenvalue weighted by Gasteiger charge is -2.30. The lowest BCUT2D eigenvalue weighted by molar-refractivity contribution is -0.133. The molecule has 0 fully saturated rings. The topological polar surface area (TPSA) is 45.6 Å². The second-order valence-electron chi connectivity index (χ2n) is 8.61. The average molecular weight is 426 g/mol. The van der Waals surface area contributed by atoms with Crippen LogP contribution in [0.2, 0.25) is 0 Å². The summed E-state index contributed by atoms with van der Waals surface area (Å²) in [4.78, 5) is 30.0. The van der Waals surface area contributed by atoms with Gasteiger partial charge in [0.2, 0.25) is 5.91 Å². The van der Waals surface area contributed by atoms with Gasteiger partial charge in [-0.1, -0.05) is 38.8 Å². The van der Waals surface area contributed by atoms with Gasteiger partial charge in [-0.25, -0.2) is 0 Å². The molecule has 0 aliphatic heterocycles. The Balaban J connectivity index is 2.12. The lowest BCUT2D eigenvalue weighted by atomic mass is 10.1. The van der Waals surface area contributed by atoms with Crippen LogP contribution in [0.1, 0.15) is 75.0 Å². The third-order valence-corrected chi connectivity index (χ3v) is 5.75. The Labute approximate surface area is 188 Å². The largest absolute Gasteiger partial charge is 0.353 e. The SMILES string of the molecule is CCCCc1ccc(C(=O)N(CC(=O)N(CCCC)Cc2cccn2C)C(C)C)cc1. The van der Waals surface area contributed by atoms with Crippen molar-refractivity contribution in [2.24, 2.45) is 7.05 Å². The van der Waals surface area contributed by atoms with Crippen LogP contribution in [-0.4, -0.2) is 45.3 Å². The standard InChI is InChI=1S/C26H39N3O2/c1-6-8-11-22-13-15-23(16-14-22)26(31)29(21(3)4)20-25(30)28(18-9-7-2)19-24-12-10-17-27(24)5/h10,12-17,21H,6-9,11,18-20H2,1-5H3. The Morgan fingerprint density at radius 3 is 2.23 bits per heavy atom. The van der Waals surface area contributed by atoms with Gasteiger partial charge in [0.1, 0.15) is 6.54 Å². The van der Waals surface area contributed by atoms with E-state index in [-0.39, 0.29) is 24.4 Å². The van der Waals surface area contributed by atoms with Crippen molar-refractivity contribution in [1.29, 1.82) is 0 Å². The van der Waals surface area contributed by atoms with Gasteiger partial charge in [0, 0.05) is 37.1 Å². The maximum absolute atomic E-state index is 13.2. The average Bonchev–Trinajstić information content (AvgIpc) is 3.17. The van der Waals surface area contributed by atoms with Crippen LogP contribution in [0, 0.1) is 0 Å². The van der Waals surface area contributed by atoms with E-state index in [2.05, 4.69) is 13.8 Å². The minimum absolute atomic E-state index is 0.00346. The first-order valence-electron chi connectivity index (χ1n) is 11.6. The second kappa shape index (κ2) is 12.3. The number of aromatic nitrogens is 1. The first-order chi connectivity index (χ1) is 14.9. The van der Waals surface area contributed by atoms with Gasteiger partial charge >= 0.3 is 0 Å². The van der Waals surface area contributed by atoms with Gasteiger partial charge in [0.05, 0.1) is 6.54 Å². The number of benzene rings is 1. The maximum Gasteiger partial charge on any atom is 0.254 e. The zero-order valence-corrected chi connectivity index (χ0v) is 19.9. The summed E-state index contributed by atoms with van der Waals surface area (Å²) in [6, 6.07) is 11.8. The summed E-state index contributed by atoms with van der Waals surface area (Å²) in [5, 5.41) is 0. The predicted octanol–water partition coefficient (Wildman–Crippen LogP) is 5.05. The Bertz CT molecular complexity index is 823. The van der Waals surface area contributed by atoms with E-state index >= 15 is 0 Å². The zero-order valence-electron chi connectivity index (χ0n) is 19.9. The summed E-state index contributed by atoms with van der Waals surface area (Å²) >= 11 is 0. The van der Waals surface area contributed by atoms with Gasteiger partial charge in [-0.3, -0.25) is 9.59 Å². The Hall–Kier alpha value is -2.56. The molecule has 0 aliphatic rings. The molecule has 1 aromatic heterocycles. The molecule has 2 amide bonds. The fraction of sp³-hybridized carbons (Fsp3) is 0.538. The highest BCUT2D eigenvalue weighted by molar-refractivity contribution is 5.96. The van der Waals surface area contributed by atoms with Crippen molar-refractivity contribution in [2.75, 3.05) is 13.1 Å². The molecule has 0 radical (unpaired) electrons. The molecular formula is C26H39N3O2. The molecule has 31 heavy (non-hydrogen) atoms. The number of amides is 2. The van der Waals surface area contributed by atoms with Crippen LogP contribution in [0.5, 0.6) is 0 Å². The maximum atomic E-state index is 13.2. The van der Waals surface area contributed by atoms with Gasteiger partial charge < -0.3 is 14.4 Å². The highest BCUT2D eigenvalue weighted by Gasteiger charge is 2.24.